The number of rotatable bonds is 9. The number of anilines is 1. The predicted octanol–water partition coefficient (Wildman–Crippen LogP) is 3.94. The summed E-state index contributed by atoms with van der Waals surface area (Å²) in [7, 11) is 0. The zero-order valence-corrected chi connectivity index (χ0v) is 15.4. The van der Waals surface area contributed by atoms with Crippen molar-refractivity contribution in [3.8, 4) is 0 Å². The summed E-state index contributed by atoms with van der Waals surface area (Å²) < 4.78 is 2.92. The van der Waals surface area contributed by atoms with E-state index in [2.05, 4.69) is 33.6 Å². The van der Waals surface area contributed by atoms with Gasteiger partial charge in [0.15, 0.2) is 10.1 Å². The molecule has 0 aliphatic heterocycles. The summed E-state index contributed by atoms with van der Waals surface area (Å²) in [4.78, 5) is 12.5. The van der Waals surface area contributed by atoms with Gasteiger partial charge in [0.05, 0.1) is 5.75 Å². The van der Waals surface area contributed by atoms with Gasteiger partial charge in [-0.05, 0) is 26.3 Å². The number of carbonyl (C=O) groups is 1. The number of ketones is 1. The minimum atomic E-state index is 0.122. The fourth-order valence-electron chi connectivity index (χ4n) is 2.27. The summed E-state index contributed by atoms with van der Waals surface area (Å²) in [6.07, 6.45) is 2.88. The molecule has 0 amide bonds. The topological polar surface area (TPSA) is 59.8 Å². The number of hydrogen-bond acceptors (Lipinski definition) is 6. The van der Waals surface area contributed by atoms with Gasteiger partial charge in [0.25, 0.3) is 0 Å². The Morgan fingerprint density at radius 2 is 2.26 bits per heavy atom. The first-order valence-electron chi connectivity index (χ1n) is 7.57. The molecule has 0 aliphatic carbocycles. The molecule has 0 saturated carbocycles. The number of nitrogens with zero attached hydrogens (tertiary/aromatic N) is 3. The van der Waals surface area contributed by atoms with Crippen LogP contribution in [0, 0.1) is 13.8 Å². The largest absolute Gasteiger partial charge is 0.360 e. The molecule has 0 fully saturated rings. The van der Waals surface area contributed by atoms with Crippen LogP contribution in [0.25, 0.3) is 0 Å². The highest BCUT2D eigenvalue weighted by Gasteiger charge is 2.16. The molecule has 1 N–H and O–H groups in total. The van der Waals surface area contributed by atoms with E-state index in [9.17, 15) is 4.79 Å². The van der Waals surface area contributed by atoms with Gasteiger partial charge < -0.3 is 9.88 Å². The van der Waals surface area contributed by atoms with Crippen molar-refractivity contribution in [2.24, 2.45) is 0 Å². The Morgan fingerprint density at radius 3 is 2.96 bits per heavy atom. The fraction of sp³-hybridized carbons (Fsp3) is 0.438. The quantitative estimate of drug-likeness (QED) is 0.422. The number of allylic oxidation sites excluding steroid dienone is 1. The summed E-state index contributed by atoms with van der Waals surface area (Å²) in [5.74, 6) is 0.498. The van der Waals surface area contributed by atoms with Gasteiger partial charge in [0.2, 0.25) is 5.13 Å². The third-order valence-electron chi connectivity index (χ3n) is 3.45. The molecular weight excluding hydrogens is 328 g/mol. The van der Waals surface area contributed by atoms with Crippen molar-refractivity contribution in [3.05, 3.63) is 35.7 Å². The van der Waals surface area contributed by atoms with Gasteiger partial charge >= 0.3 is 0 Å². The second kappa shape index (κ2) is 8.31. The highest BCUT2D eigenvalue weighted by Crippen LogP contribution is 2.27. The van der Waals surface area contributed by atoms with Crippen LogP contribution < -0.4 is 5.32 Å². The third-order valence-corrected chi connectivity index (χ3v) is 5.46. The second-order valence-corrected chi connectivity index (χ2v) is 7.40. The van der Waals surface area contributed by atoms with E-state index < -0.39 is 0 Å². The zero-order chi connectivity index (χ0) is 16.8. The summed E-state index contributed by atoms with van der Waals surface area (Å²) >= 11 is 2.93. The van der Waals surface area contributed by atoms with Gasteiger partial charge in [0, 0.05) is 30.0 Å². The Morgan fingerprint density at radius 1 is 1.48 bits per heavy atom. The molecule has 0 atom stereocenters. The van der Waals surface area contributed by atoms with E-state index in [1.807, 2.05) is 26.0 Å². The van der Waals surface area contributed by atoms with Crippen molar-refractivity contribution in [3.63, 3.8) is 0 Å². The van der Waals surface area contributed by atoms with Crippen LogP contribution in [0.15, 0.2) is 23.1 Å². The summed E-state index contributed by atoms with van der Waals surface area (Å²) in [5, 5.41) is 12.2. The molecule has 124 valence electrons. The molecule has 2 aromatic rings. The molecule has 2 aromatic heterocycles. The van der Waals surface area contributed by atoms with Crippen LogP contribution in [-0.4, -0.2) is 32.8 Å². The summed E-state index contributed by atoms with van der Waals surface area (Å²) in [6.45, 7) is 11.5. The van der Waals surface area contributed by atoms with E-state index >= 15 is 0 Å². The molecule has 0 bridgehead atoms. The van der Waals surface area contributed by atoms with Crippen molar-refractivity contribution < 1.29 is 4.79 Å². The normalized spacial score (nSPS) is 10.7. The molecule has 0 spiro atoms. The van der Waals surface area contributed by atoms with Crippen molar-refractivity contribution in [2.75, 3.05) is 17.6 Å². The molecule has 0 aromatic carbocycles. The number of aryl methyl sites for hydroxylation is 1. The summed E-state index contributed by atoms with van der Waals surface area (Å²) in [6, 6.07) is 1.95. The lowest BCUT2D eigenvalue weighted by Crippen LogP contribution is -2.06. The summed E-state index contributed by atoms with van der Waals surface area (Å²) in [5.41, 5.74) is 2.86. The van der Waals surface area contributed by atoms with Crippen LogP contribution in [0.2, 0.25) is 0 Å². The average molecular weight is 351 g/mol. The number of aromatic nitrogens is 3. The molecule has 2 rings (SSSR count). The van der Waals surface area contributed by atoms with Crippen molar-refractivity contribution in [1.29, 1.82) is 0 Å². The van der Waals surface area contributed by atoms with Crippen LogP contribution in [0.1, 0.15) is 35.1 Å². The van der Waals surface area contributed by atoms with E-state index in [0.29, 0.717) is 5.75 Å². The zero-order valence-electron chi connectivity index (χ0n) is 13.8. The maximum absolute atomic E-state index is 12.5. The smallest absolute Gasteiger partial charge is 0.206 e. The van der Waals surface area contributed by atoms with Gasteiger partial charge in [0.1, 0.15) is 0 Å². The molecule has 0 unspecified atom stereocenters. The molecule has 5 nitrogen and oxygen atoms in total. The molecule has 7 heteroatoms. The Hall–Kier alpha value is -1.60. The van der Waals surface area contributed by atoms with E-state index in [-0.39, 0.29) is 5.78 Å². The minimum Gasteiger partial charge on any atom is -0.360 e. The number of carbonyl (C=O) groups excluding carboxylic acids is 1. The first-order valence-corrected chi connectivity index (χ1v) is 9.38. The van der Waals surface area contributed by atoms with Gasteiger partial charge in [-0.1, -0.05) is 36.1 Å². The molecule has 2 heterocycles. The third kappa shape index (κ3) is 4.45. The van der Waals surface area contributed by atoms with E-state index in [1.54, 1.807) is 0 Å². The highest BCUT2D eigenvalue weighted by atomic mass is 32.2. The highest BCUT2D eigenvalue weighted by molar-refractivity contribution is 8.01. The van der Waals surface area contributed by atoms with Crippen molar-refractivity contribution in [2.45, 2.75) is 38.1 Å². The van der Waals surface area contributed by atoms with E-state index in [1.165, 1.54) is 23.1 Å². The van der Waals surface area contributed by atoms with Gasteiger partial charge in [-0.25, -0.2) is 0 Å². The lowest BCUT2D eigenvalue weighted by Gasteiger charge is -2.05. The molecular formula is C16H22N4OS2. The SMILES string of the molecule is C=CCn1c(C)cc(C(=O)CSc2nnc(NCCC)s2)c1C. The minimum absolute atomic E-state index is 0.122. The standard InChI is InChI=1S/C16H22N4OS2/c1-5-7-17-15-18-19-16(23-15)22-10-14(21)13-9-11(3)20(8-6-2)12(13)4/h6,9H,2,5,7-8,10H2,1,3-4H3,(H,17,18). The number of nitrogens with one attached hydrogen (secondary N) is 1. The second-order valence-electron chi connectivity index (χ2n) is 5.20. The Balaban J connectivity index is 1.98. The van der Waals surface area contributed by atoms with Gasteiger partial charge in [-0.15, -0.1) is 16.8 Å². The first-order chi connectivity index (χ1) is 11.1. The number of hydrogen-bond donors (Lipinski definition) is 1. The van der Waals surface area contributed by atoms with Crippen LogP contribution in [0.3, 0.4) is 0 Å². The maximum atomic E-state index is 12.5. The molecule has 23 heavy (non-hydrogen) atoms. The van der Waals surface area contributed by atoms with Crippen LogP contribution in [-0.2, 0) is 6.54 Å². The van der Waals surface area contributed by atoms with E-state index in [4.69, 9.17) is 0 Å². The van der Waals surface area contributed by atoms with Crippen molar-refractivity contribution >= 4 is 34.0 Å². The van der Waals surface area contributed by atoms with Crippen LogP contribution in [0.5, 0.6) is 0 Å². The molecule has 0 radical (unpaired) electrons. The lowest BCUT2D eigenvalue weighted by molar-refractivity contribution is 0.102. The van der Waals surface area contributed by atoms with Gasteiger partial charge in [-0.2, -0.15) is 0 Å². The first kappa shape index (κ1) is 17.7. The Kier molecular flexibility index (Phi) is 6.41. The maximum Gasteiger partial charge on any atom is 0.206 e. The van der Waals surface area contributed by atoms with E-state index in [0.717, 1.165) is 45.9 Å². The van der Waals surface area contributed by atoms with Crippen LogP contribution >= 0.6 is 23.1 Å². The van der Waals surface area contributed by atoms with Crippen LogP contribution in [0.4, 0.5) is 5.13 Å². The monoisotopic (exact) mass is 350 g/mol. The van der Waals surface area contributed by atoms with Crippen molar-refractivity contribution in [1.82, 2.24) is 14.8 Å². The van der Waals surface area contributed by atoms with Gasteiger partial charge in [-0.3, -0.25) is 4.79 Å². The molecule has 0 aliphatic rings. The average Bonchev–Trinajstić information content (AvgIpc) is 3.10. The lowest BCUT2D eigenvalue weighted by atomic mass is 10.2. The fourth-order valence-corrected chi connectivity index (χ4v) is 3.93. The molecule has 0 saturated heterocycles. The number of thioether (sulfide) groups is 1. The predicted molar refractivity (Wildman–Crippen MR) is 97.8 cm³/mol. The number of Topliss-reactive ketones (excluding diaryl/α,β-unsaturated/α-hetero) is 1. The Labute approximate surface area is 145 Å². The Bertz CT molecular complexity index is 690.